The summed E-state index contributed by atoms with van der Waals surface area (Å²) in [6.45, 7) is -3.07. The zero-order valence-corrected chi connectivity index (χ0v) is 25.7. The second-order valence-electron chi connectivity index (χ2n) is 10.1. The molecule has 0 aliphatic rings. The predicted octanol–water partition coefficient (Wildman–Crippen LogP) is 4.96. The van der Waals surface area contributed by atoms with Crippen LogP contribution in [-0.4, -0.2) is 45.2 Å². The van der Waals surface area contributed by atoms with E-state index in [9.17, 15) is 35.2 Å². The molecule has 0 fully saturated rings. The fourth-order valence-electron chi connectivity index (χ4n) is 4.91. The number of sulfone groups is 1. The highest BCUT2D eigenvalue weighted by molar-refractivity contribution is 7.90. The first-order chi connectivity index (χ1) is 21.2. The third-order valence-electron chi connectivity index (χ3n) is 6.68. The summed E-state index contributed by atoms with van der Waals surface area (Å²) in [4.78, 5) is 29.2. The van der Waals surface area contributed by atoms with Crippen LogP contribution in [0.4, 0.5) is 8.78 Å². The smallest absolute Gasteiger partial charge is 0.387 e. The van der Waals surface area contributed by atoms with E-state index in [0.717, 1.165) is 12.3 Å². The molecule has 0 saturated heterocycles. The highest BCUT2D eigenvalue weighted by Crippen LogP contribution is 2.36. The zero-order valence-electron chi connectivity index (χ0n) is 23.3. The number of halogens is 3. The molecule has 45 heavy (non-hydrogen) atoms. The summed E-state index contributed by atoms with van der Waals surface area (Å²) in [5, 5.41) is 0.651. The van der Waals surface area contributed by atoms with E-state index in [1.54, 1.807) is 12.1 Å². The molecule has 0 unspecified atom stereocenters. The Hall–Kier alpha value is -4.53. The second kappa shape index (κ2) is 12.5. The maximum atomic E-state index is 14.0. The third kappa shape index (κ3) is 7.24. The van der Waals surface area contributed by atoms with Crippen molar-refractivity contribution in [1.29, 1.82) is 0 Å². The van der Waals surface area contributed by atoms with Gasteiger partial charge in [-0.15, -0.1) is 0 Å². The highest BCUT2D eigenvalue weighted by Gasteiger charge is 2.29. The van der Waals surface area contributed by atoms with Gasteiger partial charge in [0.1, 0.15) is 11.4 Å². The average Bonchev–Trinajstić information content (AvgIpc) is 3.26. The molecule has 15 heteroatoms. The van der Waals surface area contributed by atoms with Crippen LogP contribution in [0.3, 0.4) is 0 Å². The molecule has 0 spiro atoms. The fourth-order valence-corrected chi connectivity index (χ4v) is 6.89. The van der Waals surface area contributed by atoms with Crippen molar-refractivity contribution >= 4 is 48.3 Å². The first kappa shape index (κ1) is 31.9. The van der Waals surface area contributed by atoms with Gasteiger partial charge in [-0.05, 0) is 65.7 Å². The molecule has 0 saturated carbocycles. The Balaban J connectivity index is 1.67. The Kier molecular flexibility index (Phi) is 8.83. The van der Waals surface area contributed by atoms with Gasteiger partial charge < -0.3 is 14.3 Å². The number of hydrogen-bond donors (Lipinski definition) is 2. The van der Waals surface area contributed by atoms with Crippen molar-refractivity contribution in [1.82, 2.24) is 14.3 Å². The van der Waals surface area contributed by atoms with Gasteiger partial charge in [-0.3, -0.25) is 9.59 Å². The summed E-state index contributed by atoms with van der Waals surface area (Å²) < 4.78 is 83.8. The number of carbonyl (C=O) groups excluding carboxylic acids is 1. The van der Waals surface area contributed by atoms with Gasteiger partial charge in [-0.2, -0.15) is 8.78 Å². The summed E-state index contributed by atoms with van der Waals surface area (Å²) in [6, 6.07) is 18.5. The summed E-state index contributed by atoms with van der Waals surface area (Å²) in [6.07, 6.45) is 2.40. The van der Waals surface area contributed by atoms with Crippen molar-refractivity contribution in [3.8, 4) is 16.9 Å². The van der Waals surface area contributed by atoms with Crippen molar-refractivity contribution in [3.63, 3.8) is 0 Å². The summed E-state index contributed by atoms with van der Waals surface area (Å²) in [5.41, 5.74) is 0.550. The molecule has 2 aromatic heterocycles. The Morgan fingerprint density at radius 2 is 1.71 bits per heavy atom. The molecule has 0 aliphatic heterocycles. The fraction of sp³-hybridized carbons (Fsp3) is 0.133. The molecule has 0 aliphatic carbocycles. The van der Waals surface area contributed by atoms with Crippen LogP contribution >= 0.6 is 11.6 Å². The second-order valence-corrected chi connectivity index (χ2v) is 14.3. The van der Waals surface area contributed by atoms with Crippen LogP contribution < -0.4 is 15.0 Å². The molecule has 2 heterocycles. The van der Waals surface area contributed by atoms with Gasteiger partial charge in [0.05, 0.1) is 10.6 Å². The number of nitrogens with zero attached hydrogens (tertiary/aromatic N) is 1. The maximum absolute atomic E-state index is 14.0. The molecular formula is C30H24ClF2N3O7S2. The molecule has 1 amide bonds. The molecular weight excluding hydrogens is 652 g/mol. The van der Waals surface area contributed by atoms with E-state index in [4.69, 9.17) is 11.6 Å². The normalized spacial score (nSPS) is 12.0. The number of benzene rings is 3. The first-order valence-corrected chi connectivity index (χ1v) is 17.0. The molecule has 5 aromatic rings. The minimum absolute atomic E-state index is 0.0511. The monoisotopic (exact) mass is 675 g/mol. The standard InChI is InChI=1S/C30H24ClF2N3O7S2/c1-44(39,40)17-19-4-2-5-22(14-19)45(41,42)35-29(38)27-26(23-6-3-13-34-28(23)37)24-15-20(31)9-12-25(24)36(27)16-18-7-10-21(11-8-18)43-30(32)33/h2-15,30H,16-17H2,1H3,(H,34,37)(H,35,38). The molecule has 0 radical (unpaired) electrons. The number of H-pyrrole nitrogens is 1. The van der Waals surface area contributed by atoms with Crippen LogP contribution in [0.2, 0.25) is 5.02 Å². The van der Waals surface area contributed by atoms with Gasteiger partial charge >= 0.3 is 6.61 Å². The quantitative estimate of drug-likeness (QED) is 0.213. The highest BCUT2D eigenvalue weighted by atomic mass is 35.5. The van der Waals surface area contributed by atoms with Gasteiger partial charge in [0.25, 0.3) is 21.5 Å². The van der Waals surface area contributed by atoms with Gasteiger partial charge in [0.15, 0.2) is 9.84 Å². The van der Waals surface area contributed by atoms with Gasteiger partial charge in [-0.25, -0.2) is 21.6 Å². The number of hydrogen-bond acceptors (Lipinski definition) is 7. The summed E-state index contributed by atoms with van der Waals surface area (Å²) in [5.74, 6) is -1.59. The lowest BCUT2D eigenvalue weighted by Gasteiger charge is -2.14. The lowest BCUT2D eigenvalue weighted by molar-refractivity contribution is -0.0498. The molecule has 10 nitrogen and oxygen atoms in total. The van der Waals surface area contributed by atoms with Crippen molar-refractivity contribution in [2.24, 2.45) is 0 Å². The summed E-state index contributed by atoms with van der Waals surface area (Å²) >= 11 is 6.32. The first-order valence-electron chi connectivity index (χ1n) is 13.1. The number of rotatable bonds is 10. The van der Waals surface area contributed by atoms with Crippen molar-refractivity contribution in [3.05, 3.63) is 117 Å². The van der Waals surface area contributed by atoms with E-state index in [1.165, 1.54) is 71.4 Å². The minimum atomic E-state index is -4.55. The van der Waals surface area contributed by atoms with Crippen LogP contribution in [0.15, 0.2) is 94.7 Å². The Morgan fingerprint density at radius 1 is 0.978 bits per heavy atom. The van der Waals surface area contributed by atoms with Crippen molar-refractivity contribution in [2.45, 2.75) is 23.8 Å². The molecule has 2 N–H and O–H groups in total. The van der Waals surface area contributed by atoms with E-state index < -0.39 is 43.7 Å². The third-order valence-corrected chi connectivity index (χ3v) is 9.10. The minimum Gasteiger partial charge on any atom is -0.435 e. The molecule has 0 bridgehead atoms. The molecule has 5 rings (SSSR count). The van der Waals surface area contributed by atoms with E-state index in [0.29, 0.717) is 16.5 Å². The number of nitrogens with one attached hydrogen (secondary N) is 2. The van der Waals surface area contributed by atoms with Crippen LogP contribution in [0.25, 0.3) is 22.0 Å². The number of sulfonamides is 1. The van der Waals surface area contributed by atoms with E-state index in [-0.39, 0.29) is 44.6 Å². The van der Waals surface area contributed by atoms with Crippen LogP contribution in [0.5, 0.6) is 5.75 Å². The lowest BCUT2D eigenvalue weighted by Crippen LogP contribution is -2.33. The predicted molar refractivity (Wildman–Crippen MR) is 165 cm³/mol. The Morgan fingerprint density at radius 3 is 2.38 bits per heavy atom. The summed E-state index contributed by atoms with van der Waals surface area (Å²) in [7, 11) is -8.04. The Labute approximate surface area is 261 Å². The maximum Gasteiger partial charge on any atom is 0.387 e. The molecule has 234 valence electrons. The number of alkyl halides is 2. The van der Waals surface area contributed by atoms with Crippen molar-refractivity contribution in [2.75, 3.05) is 6.26 Å². The number of aromatic nitrogens is 2. The molecule has 3 aromatic carbocycles. The molecule has 0 atom stereocenters. The zero-order chi connectivity index (χ0) is 32.5. The largest absolute Gasteiger partial charge is 0.435 e. The average molecular weight is 676 g/mol. The number of amides is 1. The lowest BCUT2D eigenvalue weighted by atomic mass is 10.0. The van der Waals surface area contributed by atoms with Crippen molar-refractivity contribution < 1.29 is 35.1 Å². The van der Waals surface area contributed by atoms with Gasteiger partial charge in [-0.1, -0.05) is 35.9 Å². The number of carbonyl (C=O) groups is 1. The van der Waals surface area contributed by atoms with E-state index in [2.05, 4.69) is 14.4 Å². The topological polar surface area (TPSA) is 144 Å². The SMILES string of the molecule is CS(=O)(=O)Cc1cccc(S(=O)(=O)NC(=O)c2c(-c3ccc[nH]c3=O)c3cc(Cl)ccc3n2Cc2ccc(OC(F)F)cc2)c1. The van der Waals surface area contributed by atoms with Crippen LogP contribution in [0.1, 0.15) is 21.6 Å². The number of fused-ring (bicyclic) bond motifs is 1. The van der Waals surface area contributed by atoms with Crippen LogP contribution in [0, 0.1) is 0 Å². The number of aromatic amines is 1. The van der Waals surface area contributed by atoms with Crippen LogP contribution in [-0.2, 0) is 32.2 Å². The van der Waals surface area contributed by atoms with Gasteiger partial charge in [0, 0.05) is 46.0 Å². The van der Waals surface area contributed by atoms with E-state index in [1.807, 2.05) is 0 Å². The number of pyridine rings is 1. The van der Waals surface area contributed by atoms with E-state index >= 15 is 0 Å². The van der Waals surface area contributed by atoms with Gasteiger partial charge in [0.2, 0.25) is 0 Å². The Bertz CT molecular complexity index is 2200. The number of ether oxygens (including phenoxy) is 1.